The van der Waals surface area contributed by atoms with Crippen molar-refractivity contribution in [2.75, 3.05) is 5.75 Å². The minimum absolute atomic E-state index is 0.0127. The highest BCUT2D eigenvalue weighted by molar-refractivity contribution is 7.99. The quantitative estimate of drug-likeness (QED) is 0.332. The third kappa shape index (κ3) is 3.45. The minimum Gasteiger partial charge on any atom is -0.370 e. The van der Waals surface area contributed by atoms with Gasteiger partial charge in [-0.25, -0.2) is 4.98 Å². The second kappa shape index (κ2) is 7.17. The van der Waals surface area contributed by atoms with E-state index in [-0.39, 0.29) is 11.2 Å². The van der Waals surface area contributed by atoms with Gasteiger partial charge in [-0.1, -0.05) is 42.1 Å². The number of aryl methyl sites for hydroxylation is 1. The molecular formula is C22H24N2O2S2. The number of thiophene rings is 1. The second-order valence-corrected chi connectivity index (χ2v) is 10.0. The first-order valence-corrected chi connectivity index (χ1v) is 11.1. The summed E-state index contributed by atoms with van der Waals surface area (Å²) in [6, 6.07) is 7.97. The van der Waals surface area contributed by atoms with E-state index in [0.29, 0.717) is 11.8 Å². The first-order valence-electron chi connectivity index (χ1n) is 9.31. The summed E-state index contributed by atoms with van der Waals surface area (Å²) in [7, 11) is 0. The van der Waals surface area contributed by atoms with Gasteiger partial charge in [0.25, 0.3) is 5.56 Å². The Morgan fingerprint density at radius 1 is 1.39 bits per heavy atom. The highest BCUT2D eigenvalue weighted by Gasteiger charge is 2.31. The van der Waals surface area contributed by atoms with Crippen LogP contribution in [0.3, 0.4) is 0 Å². The first-order chi connectivity index (χ1) is 13.3. The Morgan fingerprint density at radius 3 is 2.86 bits per heavy atom. The van der Waals surface area contributed by atoms with Crippen LogP contribution < -0.4 is 5.56 Å². The number of benzene rings is 1. The monoisotopic (exact) mass is 412 g/mol. The maximum Gasteiger partial charge on any atom is 0.267 e. The molecule has 4 rings (SSSR count). The molecule has 0 fully saturated rings. The Morgan fingerprint density at radius 2 is 2.14 bits per heavy atom. The Bertz CT molecular complexity index is 1140. The average molecular weight is 413 g/mol. The maximum absolute atomic E-state index is 13.7. The Hall–Kier alpha value is -1.89. The molecule has 0 unspecified atom stereocenters. The van der Waals surface area contributed by atoms with Crippen molar-refractivity contribution < 1.29 is 4.74 Å². The number of ether oxygens (including phenoxy) is 1. The van der Waals surface area contributed by atoms with Gasteiger partial charge in [0.1, 0.15) is 4.83 Å². The fourth-order valence-electron chi connectivity index (χ4n) is 3.49. The number of aromatic nitrogens is 2. The molecule has 1 aliphatic heterocycles. The van der Waals surface area contributed by atoms with Gasteiger partial charge in [0.05, 0.1) is 23.3 Å². The summed E-state index contributed by atoms with van der Waals surface area (Å²) in [5, 5.41) is 1.47. The van der Waals surface area contributed by atoms with Crippen molar-refractivity contribution in [3.05, 3.63) is 62.8 Å². The van der Waals surface area contributed by atoms with E-state index in [1.807, 2.05) is 38.1 Å². The van der Waals surface area contributed by atoms with Gasteiger partial charge in [-0.05, 0) is 44.9 Å². The van der Waals surface area contributed by atoms with E-state index in [2.05, 4.69) is 20.4 Å². The van der Waals surface area contributed by atoms with Crippen LogP contribution in [-0.2, 0) is 17.8 Å². The lowest BCUT2D eigenvalue weighted by atomic mass is 9.94. The zero-order valence-corrected chi connectivity index (χ0v) is 18.3. The van der Waals surface area contributed by atoms with Crippen LogP contribution in [0.2, 0.25) is 0 Å². The standard InChI is InChI=1S/C22H24N2O2S2/c1-13(2)12-27-21-23-19-18(15-10-22(4,5)26-11-17(15)28-19)20(25)24(21)16-9-7-6-8-14(16)3/h6-9H,1,10-12H2,2-5H3. The summed E-state index contributed by atoms with van der Waals surface area (Å²) in [5.74, 6) is 0.727. The number of para-hydroxylation sites is 1. The van der Waals surface area contributed by atoms with Crippen molar-refractivity contribution in [1.29, 1.82) is 0 Å². The van der Waals surface area contributed by atoms with Gasteiger partial charge in [-0.15, -0.1) is 11.3 Å². The predicted molar refractivity (Wildman–Crippen MR) is 118 cm³/mol. The van der Waals surface area contributed by atoms with E-state index in [1.54, 1.807) is 27.7 Å². The molecule has 0 spiro atoms. The van der Waals surface area contributed by atoms with E-state index < -0.39 is 0 Å². The second-order valence-electron chi connectivity index (χ2n) is 7.98. The highest BCUT2D eigenvalue weighted by Crippen LogP contribution is 2.38. The lowest BCUT2D eigenvalue weighted by molar-refractivity contribution is -0.0379. The van der Waals surface area contributed by atoms with Gasteiger partial charge in [-0.3, -0.25) is 9.36 Å². The predicted octanol–water partition coefficient (Wildman–Crippen LogP) is 5.28. The van der Waals surface area contributed by atoms with Gasteiger partial charge in [0.15, 0.2) is 5.16 Å². The summed E-state index contributed by atoms with van der Waals surface area (Å²) in [4.78, 5) is 20.6. The lowest BCUT2D eigenvalue weighted by Crippen LogP contribution is -2.32. The first kappa shape index (κ1) is 19.4. The van der Waals surface area contributed by atoms with Gasteiger partial charge in [-0.2, -0.15) is 0 Å². The molecule has 0 bridgehead atoms. The van der Waals surface area contributed by atoms with Crippen LogP contribution in [-0.4, -0.2) is 20.9 Å². The van der Waals surface area contributed by atoms with Crippen LogP contribution in [0, 0.1) is 6.92 Å². The molecule has 6 heteroatoms. The minimum atomic E-state index is -0.270. The average Bonchev–Trinajstić information content (AvgIpc) is 2.97. The lowest BCUT2D eigenvalue weighted by Gasteiger charge is -2.30. The van der Waals surface area contributed by atoms with Gasteiger partial charge < -0.3 is 4.74 Å². The molecule has 0 saturated carbocycles. The van der Waals surface area contributed by atoms with Crippen molar-refractivity contribution in [2.24, 2.45) is 0 Å². The van der Waals surface area contributed by atoms with Crippen LogP contribution in [0.5, 0.6) is 0 Å². The Labute approximate surface area is 173 Å². The number of hydrogen-bond acceptors (Lipinski definition) is 5. The van der Waals surface area contributed by atoms with Crippen LogP contribution in [0.4, 0.5) is 0 Å². The molecule has 1 aliphatic rings. The fourth-order valence-corrected chi connectivity index (χ4v) is 5.48. The Balaban J connectivity index is 2.00. The zero-order chi connectivity index (χ0) is 20.1. The molecule has 0 aliphatic carbocycles. The van der Waals surface area contributed by atoms with Crippen molar-refractivity contribution in [3.8, 4) is 5.69 Å². The molecule has 0 N–H and O–H groups in total. The largest absolute Gasteiger partial charge is 0.370 e. The SMILES string of the molecule is C=C(C)CSc1nc2sc3c(c2c(=O)n1-c1ccccc1C)CC(C)(C)OC3. The molecule has 0 radical (unpaired) electrons. The smallest absolute Gasteiger partial charge is 0.267 e. The normalized spacial score (nSPS) is 15.6. The number of fused-ring (bicyclic) bond motifs is 3. The van der Waals surface area contributed by atoms with E-state index in [9.17, 15) is 4.79 Å². The van der Waals surface area contributed by atoms with E-state index in [0.717, 1.165) is 49.7 Å². The molecule has 0 amide bonds. The molecule has 3 heterocycles. The zero-order valence-electron chi connectivity index (χ0n) is 16.7. The van der Waals surface area contributed by atoms with Crippen LogP contribution in [0.15, 0.2) is 46.4 Å². The van der Waals surface area contributed by atoms with Gasteiger partial charge in [0.2, 0.25) is 0 Å². The molecule has 28 heavy (non-hydrogen) atoms. The third-order valence-corrected chi connectivity index (χ3v) is 7.15. The summed E-state index contributed by atoms with van der Waals surface area (Å²) in [6.07, 6.45) is 0.727. The van der Waals surface area contributed by atoms with Crippen molar-refractivity contribution in [2.45, 2.75) is 51.5 Å². The molecule has 0 saturated heterocycles. The van der Waals surface area contributed by atoms with E-state index in [4.69, 9.17) is 9.72 Å². The fraction of sp³-hybridized carbons (Fsp3) is 0.364. The highest BCUT2D eigenvalue weighted by atomic mass is 32.2. The van der Waals surface area contributed by atoms with Gasteiger partial charge >= 0.3 is 0 Å². The van der Waals surface area contributed by atoms with E-state index >= 15 is 0 Å². The summed E-state index contributed by atoms with van der Waals surface area (Å²) in [5.41, 5.74) is 3.84. The van der Waals surface area contributed by atoms with Crippen molar-refractivity contribution in [1.82, 2.24) is 9.55 Å². The number of hydrogen-bond donors (Lipinski definition) is 0. The van der Waals surface area contributed by atoms with Crippen LogP contribution in [0.25, 0.3) is 15.9 Å². The van der Waals surface area contributed by atoms with Gasteiger partial charge in [0, 0.05) is 17.1 Å². The molecule has 4 nitrogen and oxygen atoms in total. The maximum atomic E-state index is 13.7. The molecular weight excluding hydrogens is 388 g/mol. The summed E-state index contributed by atoms with van der Waals surface area (Å²) < 4.78 is 7.74. The van der Waals surface area contributed by atoms with E-state index in [1.165, 1.54) is 0 Å². The third-order valence-electron chi connectivity index (χ3n) is 4.88. The summed E-state index contributed by atoms with van der Waals surface area (Å²) in [6.45, 7) is 12.7. The molecule has 2 aromatic heterocycles. The number of rotatable bonds is 4. The molecule has 3 aromatic rings. The Kier molecular flexibility index (Phi) is 4.98. The summed E-state index contributed by atoms with van der Waals surface area (Å²) >= 11 is 3.15. The topological polar surface area (TPSA) is 44.1 Å². The van der Waals surface area contributed by atoms with Crippen LogP contribution in [0.1, 0.15) is 36.8 Å². The molecule has 0 atom stereocenters. The van der Waals surface area contributed by atoms with Crippen molar-refractivity contribution >= 4 is 33.3 Å². The molecule has 1 aromatic carbocycles. The molecule has 146 valence electrons. The van der Waals surface area contributed by atoms with Crippen molar-refractivity contribution in [3.63, 3.8) is 0 Å². The number of nitrogens with zero attached hydrogens (tertiary/aromatic N) is 2. The number of thioether (sulfide) groups is 1. The van der Waals surface area contributed by atoms with Crippen LogP contribution >= 0.6 is 23.1 Å².